The Hall–Kier alpha value is -0.780. The number of thioether (sulfide) groups is 1. The maximum atomic E-state index is 11.1. The summed E-state index contributed by atoms with van der Waals surface area (Å²) < 4.78 is 24.7. The van der Waals surface area contributed by atoms with Crippen molar-refractivity contribution in [1.82, 2.24) is 4.72 Å². The average Bonchev–Trinajstić information content (AvgIpc) is 2.27. The molecule has 1 aromatic rings. The third-order valence-corrected chi connectivity index (χ3v) is 3.70. The van der Waals surface area contributed by atoms with Crippen molar-refractivity contribution in [2.45, 2.75) is 11.4 Å². The lowest BCUT2D eigenvalue weighted by Gasteiger charge is -2.07. The topological polar surface area (TPSA) is 46.2 Å². The minimum atomic E-state index is -3.34. The molecule has 0 saturated carbocycles. The third-order valence-electron chi connectivity index (χ3n) is 1.88. The van der Waals surface area contributed by atoms with E-state index in [9.17, 15) is 8.42 Å². The van der Waals surface area contributed by atoms with Crippen molar-refractivity contribution in [1.29, 1.82) is 0 Å². The predicted octanol–water partition coefficient (Wildman–Crippen LogP) is 1.97. The molecular formula is C10H13NO2S2. The van der Waals surface area contributed by atoms with E-state index >= 15 is 0 Å². The highest BCUT2D eigenvalue weighted by atomic mass is 32.2. The molecule has 0 aliphatic heterocycles. The van der Waals surface area contributed by atoms with Crippen LogP contribution in [0.2, 0.25) is 0 Å². The Morgan fingerprint density at radius 2 is 2.13 bits per heavy atom. The standard InChI is InChI=1S/C10H13NO2S2/c1-3-15(12,13)11-8-9-6-4-5-7-10(9)14-2/h3-7,11H,1,8H2,2H3. The zero-order chi connectivity index (χ0) is 11.3. The first-order valence-corrected chi connectivity index (χ1v) is 7.10. The van der Waals surface area contributed by atoms with Crippen molar-refractivity contribution in [2.75, 3.05) is 6.26 Å². The van der Waals surface area contributed by atoms with E-state index in [4.69, 9.17) is 0 Å². The van der Waals surface area contributed by atoms with Crippen LogP contribution in [0.1, 0.15) is 5.56 Å². The number of rotatable bonds is 5. The molecule has 1 N–H and O–H groups in total. The van der Waals surface area contributed by atoms with Crippen molar-refractivity contribution < 1.29 is 8.42 Å². The molecule has 0 saturated heterocycles. The predicted molar refractivity (Wildman–Crippen MR) is 64.2 cm³/mol. The van der Waals surface area contributed by atoms with Gasteiger partial charge in [0.1, 0.15) is 0 Å². The maximum absolute atomic E-state index is 11.1. The highest BCUT2D eigenvalue weighted by Crippen LogP contribution is 2.19. The van der Waals surface area contributed by atoms with Crippen molar-refractivity contribution in [2.24, 2.45) is 0 Å². The molecule has 0 unspecified atom stereocenters. The van der Waals surface area contributed by atoms with Gasteiger partial charge in [0.2, 0.25) is 10.0 Å². The fourth-order valence-electron chi connectivity index (χ4n) is 1.09. The number of nitrogens with one attached hydrogen (secondary N) is 1. The summed E-state index contributed by atoms with van der Waals surface area (Å²) in [6.45, 7) is 3.53. The van der Waals surface area contributed by atoms with Crippen LogP contribution in [-0.2, 0) is 16.6 Å². The van der Waals surface area contributed by atoms with E-state index in [-0.39, 0.29) is 0 Å². The van der Waals surface area contributed by atoms with Gasteiger partial charge >= 0.3 is 0 Å². The van der Waals surface area contributed by atoms with E-state index < -0.39 is 10.0 Å². The van der Waals surface area contributed by atoms with Crippen LogP contribution in [0.3, 0.4) is 0 Å². The molecule has 1 rings (SSSR count). The Labute approximate surface area is 94.6 Å². The van der Waals surface area contributed by atoms with Crippen LogP contribution in [0.4, 0.5) is 0 Å². The molecular weight excluding hydrogens is 230 g/mol. The Balaban J connectivity index is 2.77. The van der Waals surface area contributed by atoms with Gasteiger partial charge < -0.3 is 0 Å². The van der Waals surface area contributed by atoms with Gasteiger partial charge in [0.15, 0.2) is 0 Å². The average molecular weight is 243 g/mol. The summed E-state index contributed by atoms with van der Waals surface area (Å²) in [5.74, 6) is 0. The van der Waals surface area contributed by atoms with Crippen molar-refractivity contribution in [3.05, 3.63) is 41.8 Å². The quantitative estimate of drug-likeness (QED) is 0.804. The fourth-order valence-corrected chi connectivity index (χ4v) is 2.18. The van der Waals surface area contributed by atoms with Gasteiger partial charge in [-0.2, -0.15) is 0 Å². The third kappa shape index (κ3) is 3.70. The van der Waals surface area contributed by atoms with E-state index in [0.717, 1.165) is 15.9 Å². The molecule has 0 fully saturated rings. The first kappa shape index (κ1) is 12.3. The van der Waals surface area contributed by atoms with Crippen molar-refractivity contribution in [3.8, 4) is 0 Å². The number of hydrogen-bond donors (Lipinski definition) is 1. The van der Waals surface area contributed by atoms with Crippen LogP contribution in [0, 0.1) is 0 Å². The normalized spacial score (nSPS) is 11.3. The summed E-state index contributed by atoms with van der Waals surface area (Å²) >= 11 is 1.59. The van der Waals surface area contributed by atoms with Crippen LogP contribution in [0.5, 0.6) is 0 Å². The van der Waals surface area contributed by atoms with Gasteiger partial charge in [-0.1, -0.05) is 24.8 Å². The van der Waals surface area contributed by atoms with Crippen molar-refractivity contribution >= 4 is 21.8 Å². The Bertz CT molecular complexity index is 440. The smallest absolute Gasteiger partial charge is 0.208 e. The van der Waals surface area contributed by atoms with Gasteiger partial charge in [0.25, 0.3) is 0 Å². The fraction of sp³-hybridized carbons (Fsp3) is 0.200. The molecule has 0 aliphatic carbocycles. The molecule has 15 heavy (non-hydrogen) atoms. The second kappa shape index (κ2) is 5.34. The molecule has 0 heterocycles. The molecule has 0 spiro atoms. The molecule has 0 atom stereocenters. The first-order valence-electron chi connectivity index (χ1n) is 4.33. The zero-order valence-electron chi connectivity index (χ0n) is 8.43. The van der Waals surface area contributed by atoms with Crippen LogP contribution >= 0.6 is 11.8 Å². The number of hydrogen-bond acceptors (Lipinski definition) is 3. The summed E-state index contributed by atoms with van der Waals surface area (Å²) in [6, 6.07) is 7.67. The van der Waals surface area contributed by atoms with Crippen LogP contribution < -0.4 is 4.72 Å². The Kier molecular flexibility index (Phi) is 4.38. The lowest BCUT2D eigenvalue weighted by molar-refractivity contribution is 0.590. The molecule has 82 valence electrons. The summed E-state index contributed by atoms with van der Waals surface area (Å²) in [5.41, 5.74) is 0.968. The van der Waals surface area contributed by atoms with E-state index in [1.165, 1.54) is 0 Å². The molecule has 0 bridgehead atoms. The maximum Gasteiger partial charge on any atom is 0.233 e. The van der Waals surface area contributed by atoms with Gasteiger partial charge in [-0.05, 0) is 17.9 Å². The van der Waals surface area contributed by atoms with Crippen LogP contribution in [0.15, 0.2) is 41.1 Å². The van der Waals surface area contributed by atoms with Gasteiger partial charge in [-0.25, -0.2) is 13.1 Å². The zero-order valence-corrected chi connectivity index (χ0v) is 10.1. The summed E-state index contributed by atoms with van der Waals surface area (Å²) in [4.78, 5) is 1.07. The minimum absolute atomic E-state index is 0.297. The number of benzene rings is 1. The molecule has 5 heteroatoms. The molecule has 0 radical (unpaired) electrons. The van der Waals surface area contributed by atoms with Crippen molar-refractivity contribution in [3.63, 3.8) is 0 Å². The van der Waals surface area contributed by atoms with Gasteiger partial charge in [0, 0.05) is 16.8 Å². The summed E-state index contributed by atoms with van der Waals surface area (Å²) in [7, 11) is -3.34. The SMILES string of the molecule is C=CS(=O)(=O)NCc1ccccc1SC. The molecule has 0 amide bonds. The lowest BCUT2D eigenvalue weighted by Crippen LogP contribution is -2.20. The Morgan fingerprint density at radius 3 is 2.73 bits per heavy atom. The number of sulfonamides is 1. The van der Waals surface area contributed by atoms with E-state index in [0.29, 0.717) is 6.54 Å². The van der Waals surface area contributed by atoms with Gasteiger partial charge in [-0.3, -0.25) is 0 Å². The molecule has 0 aromatic heterocycles. The summed E-state index contributed by atoms with van der Waals surface area (Å²) in [6.07, 6.45) is 1.96. The molecule has 3 nitrogen and oxygen atoms in total. The first-order chi connectivity index (χ1) is 7.09. The molecule has 0 aliphatic rings. The monoisotopic (exact) mass is 243 g/mol. The van der Waals surface area contributed by atoms with E-state index in [1.807, 2.05) is 30.5 Å². The van der Waals surface area contributed by atoms with Crippen LogP contribution in [-0.4, -0.2) is 14.7 Å². The van der Waals surface area contributed by atoms with E-state index in [2.05, 4.69) is 11.3 Å². The van der Waals surface area contributed by atoms with E-state index in [1.54, 1.807) is 11.8 Å². The second-order valence-corrected chi connectivity index (χ2v) is 5.40. The second-order valence-electron chi connectivity index (χ2n) is 2.84. The van der Waals surface area contributed by atoms with Gasteiger partial charge in [-0.15, -0.1) is 11.8 Å². The van der Waals surface area contributed by atoms with Gasteiger partial charge in [0.05, 0.1) is 0 Å². The lowest BCUT2D eigenvalue weighted by atomic mass is 10.2. The summed E-state index contributed by atoms with van der Waals surface area (Å²) in [5, 5.41) is 0.911. The van der Waals surface area contributed by atoms with Crippen LogP contribution in [0.25, 0.3) is 0 Å². The largest absolute Gasteiger partial charge is 0.233 e. The highest BCUT2D eigenvalue weighted by Gasteiger charge is 2.05. The highest BCUT2D eigenvalue weighted by molar-refractivity contribution is 7.98. The molecule has 1 aromatic carbocycles. The Morgan fingerprint density at radius 1 is 1.47 bits per heavy atom. The minimum Gasteiger partial charge on any atom is -0.208 e.